The van der Waals surface area contributed by atoms with Crippen LogP contribution in [0.1, 0.15) is 16.1 Å². The summed E-state index contributed by atoms with van der Waals surface area (Å²) in [5, 5.41) is 0. The van der Waals surface area contributed by atoms with Gasteiger partial charge in [-0.1, -0.05) is 23.8 Å². The SMILES string of the molecule is Cc1ccc(OC[C@@H]2CN(C(=O)c3cccc(Br)n3)CCO2)cc1. The minimum Gasteiger partial charge on any atom is -0.491 e. The lowest BCUT2D eigenvalue weighted by Gasteiger charge is -2.32. The van der Waals surface area contributed by atoms with Crippen LogP contribution in [0, 0.1) is 6.92 Å². The minimum atomic E-state index is -0.142. The number of halogens is 1. The van der Waals surface area contributed by atoms with E-state index in [1.54, 1.807) is 17.0 Å². The van der Waals surface area contributed by atoms with E-state index in [-0.39, 0.29) is 12.0 Å². The van der Waals surface area contributed by atoms with Gasteiger partial charge in [0, 0.05) is 6.54 Å². The van der Waals surface area contributed by atoms with Crippen LogP contribution in [0.4, 0.5) is 0 Å². The van der Waals surface area contributed by atoms with Gasteiger partial charge in [0.2, 0.25) is 0 Å². The average Bonchev–Trinajstić information content (AvgIpc) is 2.61. The highest BCUT2D eigenvalue weighted by Gasteiger charge is 2.26. The van der Waals surface area contributed by atoms with Gasteiger partial charge in [-0.05, 0) is 47.1 Å². The molecule has 0 saturated carbocycles. The smallest absolute Gasteiger partial charge is 0.272 e. The standard InChI is InChI=1S/C18H19BrN2O3/c1-13-5-7-14(8-6-13)24-12-15-11-21(9-10-23-15)18(22)16-3-2-4-17(19)20-16/h2-8,15H,9-12H2,1H3/t15-/m0/s1. The second kappa shape index (κ2) is 7.77. The Bertz CT molecular complexity index is 706. The third-order valence-corrected chi connectivity index (χ3v) is 4.26. The number of morpholine rings is 1. The molecule has 1 aliphatic rings. The molecule has 0 bridgehead atoms. The number of carbonyl (C=O) groups is 1. The highest BCUT2D eigenvalue weighted by Crippen LogP contribution is 2.15. The molecule has 1 atom stereocenters. The molecule has 1 aliphatic heterocycles. The highest BCUT2D eigenvalue weighted by atomic mass is 79.9. The molecular formula is C18H19BrN2O3. The molecule has 5 nitrogen and oxygen atoms in total. The van der Waals surface area contributed by atoms with Crippen molar-refractivity contribution in [1.29, 1.82) is 0 Å². The quantitative estimate of drug-likeness (QED) is 0.752. The summed E-state index contributed by atoms with van der Waals surface area (Å²) in [7, 11) is 0. The average molecular weight is 391 g/mol. The summed E-state index contributed by atoms with van der Waals surface area (Å²) in [5.41, 5.74) is 1.62. The zero-order valence-electron chi connectivity index (χ0n) is 13.4. The fourth-order valence-corrected chi connectivity index (χ4v) is 2.86. The van der Waals surface area contributed by atoms with Crippen molar-refractivity contribution in [3.63, 3.8) is 0 Å². The fraction of sp³-hybridized carbons (Fsp3) is 0.333. The fourth-order valence-electron chi connectivity index (χ4n) is 2.52. The van der Waals surface area contributed by atoms with Crippen molar-refractivity contribution in [1.82, 2.24) is 9.88 Å². The number of nitrogens with zero attached hydrogens (tertiary/aromatic N) is 2. The number of aromatic nitrogens is 1. The Morgan fingerprint density at radius 3 is 2.88 bits per heavy atom. The van der Waals surface area contributed by atoms with Crippen molar-refractivity contribution < 1.29 is 14.3 Å². The summed E-state index contributed by atoms with van der Waals surface area (Å²) in [6, 6.07) is 13.2. The van der Waals surface area contributed by atoms with Crippen LogP contribution in [0.25, 0.3) is 0 Å². The maximum Gasteiger partial charge on any atom is 0.272 e. The number of amides is 1. The molecule has 1 fully saturated rings. The van der Waals surface area contributed by atoms with Gasteiger partial charge in [-0.3, -0.25) is 4.79 Å². The van der Waals surface area contributed by atoms with Gasteiger partial charge in [0.1, 0.15) is 28.8 Å². The van der Waals surface area contributed by atoms with Crippen LogP contribution >= 0.6 is 15.9 Å². The molecule has 6 heteroatoms. The number of rotatable bonds is 4. The normalized spacial score (nSPS) is 17.6. The largest absolute Gasteiger partial charge is 0.491 e. The third kappa shape index (κ3) is 4.33. The summed E-state index contributed by atoms with van der Waals surface area (Å²) in [6.07, 6.45) is -0.142. The monoisotopic (exact) mass is 390 g/mol. The first-order valence-corrected chi connectivity index (χ1v) is 8.64. The minimum absolute atomic E-state index is 0.0834. The van der Waals surface area contributed by atoms with Gasteiger partial charge >= 0.3 is 0 Å². The first-order chi connectivity index (χ1) is 11.6. The van der Waals surface area contributed by atoms with Gasteiger partial charge in [0.05, 0.1) is 13.2 Å². The second-order valence-electron chi connectivity index (χ2n) is 5.71. The predicted molar refractivity (Wildman–Crippen MR) is 94.3 cm³/mol. The Balaban J connectivity index is 1.57. The zero-order valence-corrected chi connectivity index (χ0v) is 15.0. The zero-order chi connectivity index (χ0) is 16.9. The van der Waals surface area contributed by atoms with Crippen LogP contribution in [0.15, 0.2) is 47.1 Å². The van der Waals surface area contributed by atoms with Crippen LogP contribution < -0.4 is 4.74 Å². The van der Waals surface area contributed by atoms with E-state index in [1.807, 2.05) is 37.3 Å². The topological polar surface area (TPSA) is 51.7 Å². The molecular weight excluding hydrogens is 372 g/mol. The molecule has 24 heavy (non-hydrogen) atoms. The van der Waals surface area contributed by atoms with Gasteiger partial charge in [0.15, 0.2) is 0 Å². The number of hydrogen-bond donors (Lipinski definition) is 0. The maximum absolute atomic E-state index is 12.6. The van der Waals surface area contributed by atoms with Gasteiger partial charge < -0.3 is 14.4 Å². The van der Waals surface area contributed by atoms with Crippen molar-refractivity contribution in [2.75, 3.05) is 26.3 Å². The van der Waals surface area contributed by atoms with E-state index in [0.717, 1.165) is 5.75 Å². The molecule has 0 unspecified atom stereocenters. The van der Waals surface area contributed by atoms with E-state index in [2.05, 4.69) is 20.9 Å². The molecule has 0 radical (unpaired) electrons. The second-order valence-corrected chi connectivity index (χ2v) is 6.53. The van der Waals surface area contributed by atoms with Crippen LogP contribution in [-0.2, 0) is 4.74 Å². The van der Waals surface area contributed by atoms with Crippen LogP contribution in [0.2, 0.25) is 0 Å². The maximum atomic E-state index is 12.6. The molecule has 1 aromatic carbocycles. The molecule has 2 heterocycles. The molecule has 0 aliphatic carbocycles. The number of hydrogen-bond acceptors (Lipinski definition) is 4. The molecule has 3 rings (SSSR count). The van der Waals surface area contributed by atoms with Crippen molar-refractivity contribution in [3.05, 3.63) is 58.3 Å². The number of benzene rings is 1. The Morgan fingerprint density at radius 1 is 1.33 bits per heavy atom. The molecule has 0 spiro atoms. The Hall–Kier alpha value is -1.92. The molecule has 1 saturated heterocycles. The van der Waals surface area contributed by atoms with E-state index in [4.69, 9.17) is 9.47 Å². The van der Waals surface area contributed by atoms with Crippen LogP contribution in [-0.4, -0.2) is 48.2 Å². The first-order valence-electron chi connectivity index (χ1n) is 7.85. The lowest BCUT2D eigenvalue weighted by atomic mass is 10.2. The number of ether oxygens (including phenoxy) is 2. The third-order valence-electron chi connectivity index (χ3n) is 3.82. The van der Waals surface area contributed by atoms with E-state index >= 15 is 0 Å². The molecule has 0 N–H and O–H groups in total. The van der Waals surface area contributed by atoms with Gasteiger partial charge in [-0.15, -0.1) is 0 Å². The number of pyridine rings is 1. The van der Waals surface area contributed by atoms with Crippen LogP contribution in [0.3, 0.4) is 0 Å². The van der Waals surface area contributed by atoms with E-state index in [1.165, 1.54) is 5.56 Å². The molecule has 2 aromatic rings. The van der Waals surface area contributed by atoms with Crippen molar-refractivity contribution in [3.8, 4) is 5.75 Å². The summed E-state index contributed by atoms with van der Waals surface area (Å²) in [5.74, 6) is 0.723. The van der Waals surface area contributed by atoms with Gasteiger partial charge in [-0.25, -0.2) is 4.98 Å². The van der Waals surface area contributed by atoms with Gasteiger partial charge in [-0.2, -0.15) is 0 Å². The number of carbonyl (C=O) groups excluding carboxylic acids is 1. The summed E-state index contributed by atoms with van der Waals surface area (Å²) < 4.78 is 12.1. The highest BCUT2D eigenvalue weighted by molar-refractivity contribution is 9.10. The van der Waals surface area contributed by atoms with Crippen molar-refractivity contribution in [2.24, 2.45) is 0 Å². The molecule has 1 amide bonds. The Kier molecular flexibility index (Phi) is 5.48. The Labute approximate surface area is 149 Å². The number of aryl methyl sites for hydroxylation is 1. The van der Waals surface area contributed by atoms with Gasteiger partial charge in [0.25, 0.3) is 5.91 Å². The van der Waals surface area contributed by atoms with Crippen LogP contribution in [0.5, 0.6) is 5.75 Å². The molecule has 1 aromatic heterocycles. The summed E-state index contributed by atoms with van der Waals surface area (Å²) in [4.78, 5) is 18.5. The molecule has 126 valence electrons. The lowest BCUT2D eigenvalue weighted by Crippen LogP contribution is -2.47. The lowest BCUT2D eigenvalue weighted by molar-refractivity contribution is -0.0402. The van der Waals surface area contributed by atoms with E-state index in [9.17, 15) is 4.79 Å². The Morgan fingerprint density at radius 2 is 2.12 bits per heavy atom. The summed E-state index contributed by atoms with van der Waals surface area (Å²) in [6.45, 7) is 4.01. The van der Waals surface area contributed by atoms with Crippen molar-refractivity contribution >= 4 is 21.8 Å². The predicted octanol–water partition coefficient (Wildman–Crippen LogP) is 3.07. The van der Waals surface area contributed by atoms with E-state index < -0.39 is 0 Å². The van der Waals surface area contributed by atoms with E-state index in [0.29, 0.717) is 36.6 Å². The summed E-state index contributed by atoms with van der Waals surface area (Å²) >= 11 is 3.30. The first kappa shape index (κ1) is 16.9. The van der Waals surface area contributed by atoms with Crippen molar-refractivity contribution in [2.45, 2.75) is 13.0 Å².